The number of nitrogen functional groups attached to an aromatic ring is 1. The highest BCUT2D eigenvalue weighted by Gasteiger charge is 2.27. The number of halogens is 1. The number of pyridine rings is 1. The highest BCUT2D eigenvalue weighted by atomic mass is 35.5. The molecule has 1 unspecified atom stereocenters. The van der Waals surface area contributed by atoms with E-state index in [1.165, 1.54) is 44.0 Å². The molecule has 0 saturated heterocycles. The number of hydrogen-bond donors (Lipinski definition) is 7. The van der Waals surface area contributed by atoms with Crippen molar-refractivity contribution in [3.63, 3.8) is 0 Å². The maximum absolute atomic E-state index is 12.9. The molecule has 0 radical (unpaired) electrons. The number of oxazole rings is 1. The van der Waals surface area contributed by atoms with Gasteiger partial charge in [-0.25, -0.2) is 19.6 Å². The molecule has 2 amide bonds. The molecule has 21 heteroatoms. The Morgan fingerprint density at radius 2 is 1.44 bits per heavy atom. The number of thioether (sulfide) groups is 1. The molecular formula is C38H40ClN9O10S. The van der Waals surface area contributed by atoms with Gasteiger partial charge in [-0.1, -0.05) is 35.5 Å². The molecule has 2 heterocycles. The van der Waals surface area contributed by atoms with Crippen LogP contribution in [0.15, 0.2) is 64.2 Å². The second-order valence-electron chi connectivity index (χ2n) is 12.7. The SMILES string of the molecule is CC(NC(=O)[C@@H](N)CO)C(=O)O[C@H](COC(=O)[C@H](C)NC(=O)[C@@H](N)CO)COc1ccc(-c2c(C#N)c(N)nc(SCc3coc(-c4ccc(Cl)cc4)n3)c2C#N)cc1. The number of benzene rings is 2. The minimum Gasteiger partial charge on any atom is -0.490 e. The first-order valence-electron chi connectivity index (χ1n) is 17.6. The van der Waals surface area contributed by atoms with Crippen molar-refractivity contribution in [3.05, 3.63) is 76.6 Å². The van der Waals surface area contributed by atoms with Gasteiger partial charge < -0.3 is 56.7 Å². The van der Waals surface area contributed by atoms with E-state index in [0.717, 1.165) is 5.56 Å². The predicted molar refractivity (Wildman–Crippen MR) is 212 cm³/mol. The van der Waals surface area contributed by atoms with Gasteiger partial charge in [0.15, 0.2) is 6.10 Å². The maximum atomic E-state index is 12.9. The number of rotatable bonds is 19. The van der Waals surface area contributed by atoms with Crippen LogP contribution in [-0.2, 0) is 34.4 Å². The molecule has 5 atom stereocenters. The number of carbonyl (C=O) groups is 4. The number of aliphatic hydroxyl groups excluding tert-OH is 2. The zero-order valence-corrected chi connectivity index (χ0v) is 33.2. The summed E-state index contributed by atoms with van der Waals surface area (Å²) in [5, 5.41) is 43.9. The first kappa shape index (κ1) is 45.4. The molecule has 4 aromatic rings. The van der Waals surface area contributed by atoms with Gasteiger partial charge in [-0.15, -0.1) is 0 Å². The number of nitrogens with two attached hydrogens (primary N) is 3. The monoisotopic (exact) mass is 849 g/mol. The van der Waals surface area contributed by atoms with Crippen LogP contribution in [0, 0.1) is 22.7 Å². The quantitative estimate of drug-likeness (QED) is 0.0514. The van der Waals surface area contributed by atoms with Crippen LogP contribution in [-0.4, -0.2) is 101 Å². The van der Waals surface area contributed by atoms with Crippen molar-refractivity contribution < 1.29 is 48.0 Å². The lowest BCUT2D eigenvalue weighted by Gasteiger charge is -2.23. The van der Waals surface area contributed by atoms with E-state index in [1.807, 2.05) is 6.07 Å². The molecule has 59 heavy (non-hydrogen) atoms. The topological polar surface area (TPSA) is 325 Å². The third-order valence-corrected chi connectivity index (χ3v) is 9.44. The molecule has 10 N–H and O–H groups in total. The number of nitrogens with zero attached hydrogens (tertiary/aromatic N) is 4. The average Bonchev–Trinajstić information content (AvgIpc) is 3.72. The van der Waals surface area contributed by atoms with E-state index in [4.69, 9.17) is 57.6 Å². The van der Waals surface area contributed by atoms with E-state index in [1.54, 1.807) is 36.4 Å². The van der Waals surface area contributed by atoms with Gasteiger partial charge in [-0.05, 0) is 55.8 Å². The third-order valence-electron chi connectivity index (χ3n) is 8.18. The summed E-state index contributed by atoms with van der Waals surface area (Å²) in [7, 11) is 0. The number of hydrogen-bond acceptors (Lipinski definition) is 18. The fourth-order valence-electron chi connectivity index (χ4n) is 4.95. The second kappa shape index (κ2) is 21.5. The Bertz CT molecular complexity index is 2210. The van der Waals surface area contributed by atoms with E-state index >= 15 is 0 Å². The fourth-order valence-corrected chi connectivity index (χ4v) is 5.94. The lowest BCUT2D eigenvalue weighted by atomic mass is 9.97. The highest BCUT2D eigenvalue weighted by Crippen LogP contribution is 2.37. The van der Waals surface area contributed by atoms with Crippen LogP contribution in [0.4, 0.5) is 5.82 Å². The molecule has 0 saturated carbocycles. The summed E-state index contributed by atoms with van der Waals surface area (Å²) < 4.78 is 22.2. The Labute approximate surface area is 346 Å². The summed E-state index contributed by atoms with van der Waals surface area (Å²) in [4.78, 5) is 58.5. The number of aliphatic hydroxyl groups is 2. The largest absolute Gasteiger partial charge is 0.490 e. The van der Waals surface area contributed by atoms with Gasteiger partial charge in [-0.3, -0.25) is 9.59 Å². The van der Waals surface area contributed by atoms with Crippen LogP contribution in [0.5, 0.6) is 5.75 Å². The van der Waals surface area contributed by atoms with E-state index < -0.39 is 73.8 Å². The number of amides is 2. The number of carbonyl (C=O) groups excluding carboxylic acids is 4. The summed E-state index contributed by atoms with van der Waals surface area (Å²) in [5.74, 6) is -2.75. The Morgan fingerprint density at radius 1 is 0.864 bits per heavy atom. The summed E-state index contributed by atoms with van der Waals surface area (Å²) in [5.41, 5.74) is 19.2. The minimum absolute atomic E-state index is 0.0234. The van der Waals surface area contributed by atoms with Crippen molar-refractivity contribution in [2.24, 2.45) is 11.5 Å². The van der Waals surface area contributed by atoms with Gasteiger partial charge in [0.05, 0.1) is 24.5 Å². The fraction of sp³-hybridized carbons (Fsp3) is 0.316. The van der Waals surface area contributed by atoms with E-state index in [9.17, 15) is 29.7 Å². The second-order valence-corrected chi connectivity index (χ2v) is 14.1. The zero-order valence-electron chi connectivity index (χ0n) is 31.6. The molecule has 0 spiro atoms. The zero-order chi connectivity index (χ0) is 43.2. The van der Waals surface area contributed by atoms with Gasteiger partial charge in [0.25, 0.3) is 0 Å². The number of ether oxygens (including phenoxy) is 3. The maximum Gasteiger partial charge on any atom is 0.328 e. The Kier molecular flexibility index (Phi) is 16.5. The van der Waals surface area contributed by atoms with Gasteiger partial charge in [0.2, 0.25) is 17.7 Å². The van der Waals surface area contributed by atoms with Crippen molar-refractivity contribution in [1.82, 2.24) is 20.6 Å². The summed E-state index contributed by atoms with van der Waals surface area (Å²) in [6, 6.07) is 12.3. The van der Waals surface area contributed by atoms with Crippen LogP contribution < -0.4 is 32.6 Å². The van der Waals surface area contributed by atoms with Crippen LogP contribution in [0.3, 0.4) is 0 Å². The Morgan fingerprint density at radius 3 is 2.02 bits per heavy atom. The van der Waals surface area contributed by atoms with Crippen molar-refractivity contribution in [2.45, 2.75) is 54.9 Å². The molecule has 2 aromatic carbocycles. The molecule has 19 nitrogen and oxygen atoms in total. The molecule has 0 aliphatic carbocycles. The highest BCUT2D eigenvalue weighted by molar-refractivity contribution is 7.98. The van der Waals surface area contributed by atoms with Gasteiger partial charge in [0.1, 0.15) is 77.9 Å². The normalized spacial score (nSPS) is 13.4. The molecule has 0 bridgehead atoms. The summed E-state index contributed by atoms with van der Waals surface area (Å²) in [6.07, 6.45) is 0.219. The molecule has 310 valence electrons. The molecule has 4 rings (SSSR count). The predicted octanol–water partition coefficient (Wildman–Crippen LogP) is 1.16. The van der Waals surface area contributed by atoms with E-state index in [0.29, 0.717) is 22.2 Å². The van der Waals surface area contributed by atoms with Gasteiger partial charge >= 0.3 is 11.9 Å². The van der Waals surface area contributed by atoms with Crippen LogP contribution in [0.25, 0.3) is 22.6 Å². The minimum atomic E-state index is -1.29. The Hall–Kier alpha value is -6.26. The lowest BCUT2D eigenvalue weighted by molar-refractivity contribution is -0.163. The number of anilines is 1. The number of esters is 2. The summed E-state index contributed by atoms with van der Waals surface area (Å²) >= 11 is 7.15. The molecule has 0 aliphatic heterocycles. The molecule has 0 aliphatic rings. The number of nitriles is 2. The standard InChI is InChI=1S/C38H40ClN9O10S/c1-19(45-33(51)29(42)13-49)37(53)57-17-26(58-38(54)20(2)46-34(52)30(43)14-50)16-55-25-9-5-21(6-10-25)31-27(11-40)32(44)48-36(28(31)12-41)59-18-24-15-56-35(47-24)22-3-7-23(39)8-4-22/h3-10,15,19-20,26,29-30,49-50H,13-14,16-18,42-43H2,1-2H3,(H2,44,48)(H,45,51)(H,46,52)/t19-,20?,26-,29-,30-/m0/s1. The number of nitrogens with one attached hydrogen (secondary N) is 2. The van der Waals surface area contributed by atoms with Crippen molar-refractivity contribution in [1.29, 1.82) is 10.5 Å². The average molecular weight is 850 g/mol. The Balaban J connectivity index is 1.50. The number of aromatic nitrogens is 2. The lowest BCUT2D eigenvalue weighted by Crippen LogP contribution is -2.50. The molecule has 0 fully saturated rings. The van der Waals surface area contributed by atoms with Gasteiger partial charge in [-0.2, -0.15) is 10.5 Å². The summed E-state index contributed by atoms with van der Waals surface area (Å²) in [6.45, 7) is 0.352. The molecule has 2 aromatic heterocycles. The van der Waals surface area contributed by atoms with Crippen molar-refractivity contribution >= 4 is 52.9 Å². The molecular weight excluding hydrogens is 810 g/mol. The van der Waals surface area contributed by atoms with E-state index in [2.05, 4.69) is 26.7 Å². The van der Waals surface area contributed by atoms with Crippen LogP contribution >= 0.6 is 23.4 Å². The van der Waals surface area contributed by atoms with Crippen LogP contribution in [0.1, 0.15) is 30.7 Å². The van der Waals surface area contributed by atoms with Crippen molar-refractivity contribution in [3.8, 4) is 40.5 Å². The van der Waals surface area contributed by atoms with Gasteiger partial charge in [0, 0.05) is 21.9 Å². The first-order chi connectivity index (χ1) is 28.2. The van der Waals surface area contributed by atoms with E-state index in [-0.39, 0.29) is 45.6 Å². The van der Waals surface area contributed by atoms with Crippen LogP contribution in [0.2, 0.25) is 5.02 Å². The smallest absolute Gasteiger partial charge is 0.328 e. The first-order valence-corrected chi connectivity index (χ1v) is 19.0. The van der Waals surface area contributed by atoms with Crippen molar-refractivity contribution in [2.75, 3.05) is 32.2 Å². The third kappa shape index (κ3) is 12.4.